The van der Waals surface area contributed by atoms with Crippen LogP contribution in [-0.4, -0.2) is 73.2 Å². The summed E-state index contributed by atoms with van der Waals surface area (Å²) in [6.07, 6.45) is 3.34. The van der Waals surface area contributed by atoms with Crippen molar-refractivity contribution in [1.29, 1.82) is 0 Å². The number of aromatic nitrogens is 2. The molecule has 1 aliphatic rings. The molecule has 1 aliphatic heterocycles. The van der Waals surface area contributed by atoms with Crippen molar-refractivity contribution in [2.45, 2.75) is 0 Å². The zero-order valence-corrected chi connectivity index (χ0v) is 11.1. The minimum atomic E-state index is 0.657. The first-order valence-electron chi connectivity index (χ1n) is 6.29. The normalized spacial score (nSPS) is 17.7. The minimum absolute atomic E-state index is 0.657. The summed E-state index contributed by atoms with van der Waals surface area (Å²) in [6.45, 7) is 6.49. The number of ether oxygens (including phenoxy) is 1. The van der Waals surface area contributed by atoms with E-state index in [-0.39, 0.29) is 0 Å². The third-order valence-corrected chi connectivity index (χ3v) is 3.17. The van der Waals surface area contributed by atoms with Crippen LogP contribution in [0.2, 0.25) is 0 Å². The van der Waals surface area contributed by atoms with Crippen molar-refractivity contribution in [2.75, 3.05) is 58.7 Å². The number of hydrogen-bond acceptors (Lipinski definition) is 6. The lowest BCUT2D eigenvalue weighted by atomic mass is 10.3. The summed E-state index contributed by atoms with van der Waals surface area (Å²) in [7, 11) is 3.78. The zero-order valence-electron chi connectivity index (χ0n) is 11.1. The van der Waals surface area contributed by atoms with E-state index >= 15 is 0 Å². The van der Waals surface area contributed by atoms with E-state index in [1.54, 1.807) is 19.5 Å². The topological polar surface area (TPSA) is 53.5 Å². The number of rotatable bonds is 5. The maximum Gasteiger partial charge on any atom is 0.222 e. The molecular formula is C12H21N5O. The van der Waals surface area contributed by atoms with E-state index in [0.717, 1.165) is 39.3 Å². The first kappa shape index (κ1) is 13.0. The van der Waals surface area contributed by atoms with Gasteiger partial charge in [-0.25, -0.2) is 9.97 Å². The van der Waals surface area contributed by atoms with Crippen molar-refractivity contribution in [2.24, 2.45) is 0 Å². The van der Waals surface area contributed by atoms with Crippen LogP contribution in [0.5, 0.6) is 5.75 Å². The van der Waals surface area contributed by atoms with E-state index in [1.165, 1.54) is 0 Å². The third kappa shape index (κ3) is 3.82. The molecule has 0 aliphatic carbocycles. The van der Waals surface area contributed by atoms with E-state index in [4.69, 9.17) is 4.74 Å². The molecule has 0 bridgehead atoms. The van der Waals surface area contributed by atoms with Gasteiger partial charge in [-0.05, 0) is 7.05 Å². The predicted molar refractivity (Wildman–Crippen MR) is 71.0 cm³/mol. The number of nitrogens with one attached hydrogen (secondary N) is 1. The van der Waals surface area contributed by atoms with Gasteiger partial charge in [-0.15, -0.1) is 0 Å². The summed E-state index contributed by atoms with van der Waals surface area (Å²) in [5.41, 5.74) is 0. The van der Waals surface area contributed by atoms with Crippen LogP contribution in [0.1, 0.15) is 0 Å². The molecule has 1 N–H and O–H groups in total. The number of hydrogen-bond donors (Lipinski definition) is 1. The molecule has 18 heavy (non-hydrogen) atoms. The fraction of sp³-hybridized carbons (Fsp3) is 0.667. The molecule has 2 rings (SSSR count). The lowest BCUT2D eigenvalue weighted by molar-refractivity contribution is 0.158. The Morgan fingerprint density at radius 3 is 2.50 bits per heavy atom. The molecule has 6 nitrogen and oxygen atoms in total. The Kier molecular flexibility index (Phi) is 4.72. The average molecular weight is 251 g/mol. The first-order valence-corrected chi connectivity index (χ1v) is 6.29. The Morgan fingerprint density at radius 2 is 1.89 bits per heavy atom. The van der Waals surface area contributed by atoms with Gasteiger partial charge in [0.1, 0.15) is 0 Å². The number of nitrogens with zero attached hydrogens (tertiary/aromatic N) is 4. The number of anilines is 1. The highest BCUT2D eigenvalue weighted by Gasteiger charge is 2.12. The van der Waals surface area contributed by atoms with Crippen LogP contribution >= 0.6 is 0 Å². The van der Waals surface area contributed by atoms with Gasteiger partial charge in [0, 0.05) is 39.3 Å². The molecule has 6 heteroatoms. The Bertz CT molecular complexity index is 348. The van der Waals surface area contributed by atoms with E-state index in [9.17, 15) is 0 Å². The lowest BCUT2D eigenvalue weighted by Crippen LogP contribution is -2.45. The van der Waals surface area contributed by atoms with Gasteiger partial charge >= 0.3 is 0 Å². The average Bonchev–Trinajstić information content (AvgIpc) is 2.42. The van der Waals surface area contributed by atoms with E-state index in [2.05, 4.69) is 32.1 Å². The standard InChI is InChI=1S/C12H21N5O/c1-16-5-7-17(8-6-16)4-3-13-12-14-9-11(18-2)10-15-12/h9-10H,3-8H2,1-2H3,(H,13,14,15). The Hall–Kier alpha value is -1.40. The summed E-state index contributed by atoms with van der Waals surface area (Å²) in [4.78, 5) is 13.2. The van der Waals surface area contributed by atoms with Crippen molar-refractivity contribution in [3.05, 3.63) is 12.4 Å². The van der Waals surface area contributed by atoms with Crippen molar-refractivity contribution >= 4 is 5.95 Å². The SMILES string of the molecule is COc1cnc(NCCN2CCN(C)CC2)nc1. The second-order valence-electron chi connectivity index (χ2n) is 4.52. The molecule has 0 spiro atoms. The van der Waals surface area contributed by atoms with Crippen LogP contribution in [0, 0.1) is 0 Å². The molecule has 0 atom stereocenters. The van der Waals surface area contributed by atoms with Crippen LogP contribution in [0.4, 0.5) is 5.95 Å². The summed E-state index contributed by atoms with van der Waals surface area (Å²) < 4.78 is 5.01. The van der Waals surface area contributed by atoms with Crippen molar-refractivity contribution in [3.8, 4) is 5.75 Å². The molecule has 0 amide bonds. The highest BCUT2D eigenvalue weighted by molar-refractivity contribution is 5.26. The monoisotopic (exact) mass is 251 g/mol. The third-order valence-electron chi connectivity index (χ3n) is 3.17. The molecule has 1 saturated heterocycles. The smallest absolute Gasteiger partial charge is 0.222 e. The molecule has 0 aromatic carbocycles. The van der Waals surface area contributed by atoms with Gasteiger partial charge in [-0.1, -0.05) is 0 Å². The molecule has 1 aromatic heterocycles. The maximum absolute atomic E-state index is 5.01. The van der Waals surface area contributed by atoms with Crippen LogP contribution in [0.3, 0.4) is 0 Å². The Balaban J connectivity index is 1.68. The number of likely N-dealkylation sites (N-methyl/N-ethyl adjacent to an activating group) is 1. The summed E-state index contributed by atoms with van der Waals surface area (Å²) >= 11 is 0. The number of methoxy groups -OCH3 is 1. The second kappa shape index (κ2) is 6.51. The van der Waals surface area contributed by atoms with Crippen LogP contribution in [-0.2, 0) is 0 Å². The summed E-state index contributed by atoms with van der Waals surface area (Å²) in [5, 5.41) is 3.22. The lowest BCUT2D eigenvalue weighted by Gasteiger charge is -2.32. The Morgan fingerprint density at radius 1 is 1.22 bits per heavy atom. The quantitative estimate of drug-likeness (QED) is 0.803. The van der Waals surface area contributed by atoms with Crippen LogP contribution in [0.15, 0.2) is 12.4 Å². The second-order valence-corrected chi connectivity index (χ2v) is 4.52. The van der Waals surface area contributed by atoms with Crippen LogP contribution in [0.25, 0.3) is 0 Å². The van der Waals surface area contributed by atoms with Crippen molar-refractivity contribution in [1.82, 2.24) is 19.8 Å². The highest BCUT2D eigenvalue weighted by atomic mass is 16.5. The zero-order chi connectivity index (χ0) is 12.8. The fourth-order valence-electron chi connectivity index (χ4n) is 1.91. The molecule has 100 valence electrons. The van der Waals surface area contributed by atoms with Gasteiger partial charge in [-0.2, -0.15) is 0 Å². The molecule has 0 radical (unpaired) electrons. The molecule has 0 saturated carbocycles. The minimum Gasteiger partial charge on any atom is -0.494 e. The largest absolute Gasteiger partial charge is 0.494 e. The van der Waals surface area contributed by atoms with Crippen molar-refractivity contribution < 1.29 is 4.74 Å². The van der Waals surface area contributed by atoms with Gasteiger partial charge in [0.25, 0.3) is 0 Å². The predicted octanol–water partition coefficient (Wildman–Crippen LogP) is 0.145. The van der Waals surface area contributed by atoms with E-state index < -0.39 is 0 Å². The van der Waals surface area contributed by atoms with Crippen molar-refractivity contribution in [3.63, 3.8) is 0 Å². The maximum atomic E-state index is 5.01. The van der Waals surface area contributed by atoms with Crippen LogP contribution < -0.4 is 10.1 Å². The van der Waals surface area contributed by atoms with Gasteiger partial charge < -0.3 is 15.0 Å². The van der Waals surface area contributed by atoms with Gasteiger partial charge in [0.2, 0.25) is 5.95 Å². The molecular weight excluding hydrogens is 230 g/mol. The highest BCUT2D eigenvalue weighted by Crippen LogP contribution is 2.07. The van der Waals surface area contributed by atoms with E-state index in [1.807, 2.05) is 0 Å². The molecule has 1 aromatic rings. The Labute approximate surface area is 108 Å². The van der Waals surface area contributed by atoms with Gasteiger partial charge in [0.15, 0.2) is 5.75 Å². The molecule has 1 fully saturated rings. The first-order chi connectivity index (χ1) is 8.78. The molecule has 2 heterocycles. The summed E-state index contributed by atoms with van der Waals surface area (Å²) in [5.74, 6) is 1.34. The summed E-state index contributed by atoms with van der Waals surface area (Å²) in [6, 6.07) is 0. The molecule has 0 unspecified atom stereocenters. The number of piperazine rings is 1. The van der Waals surface area contributed by atoms with Gasteiger partial charge in [0.05, 0.1) is 19.5 Å². The van der Waals surface area contributed by atoms with E-state index in [0.29, 0.717) is 11.7 Å². The van der Waals surface area contributed by atoms with Gasteiger partial charge in [-0.3, -0.25) is 4.90 Å². The fourth-order valence-corrected chi connectivity index (χ4v) is 1.91.